The van der Waals surface area contributed by atoms with Crippen LogP contribution in [-0.2, 0) is 0 Å². The Kier molecular flexibility index (Phi) is 2.54. The fraction of sp³-hybridized carbons (Fsp3) is 0.500. The van der Waals surface area contributed by atoms with Gasteiger partial charge in [-0.05, 0) is 25.2 Å². The van der Waals surface area contributed by atoms with E-state index in [1.54, 1.807) is 6.20 Å². The SMILES string of the molecule is CSC1(CNc2ccnc(N)c2)CC1. The van der Waals surface area contributed by atoms with Gasteiger partial charge in [0.1, 0.15) is 5.82 Å². The van der Waals surface area contributed by atoms with Gasteiger partial charge in [0.15, 0.2) is 0 Å². The Balaban J connectivity index is 1.92. The zero-order chi connectivity index (χ0) is 10.0. The highest BCUT2D eigenvalue weighted by Gasteiger charge is 2.41. The van der Waals surface area contributed by atoms with Gasteiger partial charge in [0.2, 0.25) is 0 Å². The number of anilines is 2. The van der Waals surface area contributed by atoms with Crippen molar-refractivity contribution >= 4 is 23.3 Å². The average molecular weight is 209 g/mol. The van der Waals surface area contributed by atoms with Crippen LogP contribution in [0.2, 0.25) is 0 Å². The molecule has 1 aromatic rings. The summed E-state index contributed by atoms with van der Waals surface area (Å²) in [5.74, 6) is 0.573. The molecule has 0 amide bonds. The molecule has 2 rings (SSSR count). The number of rotatable bonds is 4. The number of hydrogen-bond acceptors (Lipinski definition) is 4. The van der Waals surface area contributed by atoms with Gasteiger partial charge in [0.05, 0.1) is 0 Å². The average Bonchev–Trinajstić information content (AvgIpc) is 2.96. The van der Waals surface area contributed by atoms with Gasteiger partial charge in [0, 0.05) is 29.2 Å². The highest BCUT2D eigenvalue weighted by atomic mass is 32.2. The predicted octanol–water partition coefficient (Wildman–Crippen LogP) is 1.97. The lowest BCUT2D eigenvalue weighted by Crippen LogP contribution is -2.17. The molecule has 76 valence electrons. The van der Waals surface area contributed by atoms with E-state index in [4.69, 9.17) is 5.73 Å². The molecule has 0 spiro atoms. The topological polar surface area (TPSA) is 50.9 Å². The van der Waals surface area contributed by atoms with Gasteiger partial charge in [-0.3, -0.25) is 0 Å². The summed E-state index contributed by atoms with van der Waals surface area (Å²) in [6.45, 7) is 1.03. The second-order valence-corrected chi connectivity index (χ2v) is 4.98. The molecule has 0 radical (unpaired) electrons. The van der Waals surface area contributed by atoms with Crippen molar-refractivity contribution in [2.75, 3.05) is 23.9 Å². The maximum Gasteiger partial charge on any atom is 0.125 e. The van der Waals surface area contributed by atoms with Crippen LogP contribution in [0.15, 0.2) is 18.3 Å². The number of aromatic nitrogens is 1. The molecule has 3 N–H and O–H groups in total. The van der Waals surface area contributed by atoms with Crippen LogP contribution >= 0.6 is 11.8 Å². The Bertz CT molecular complexity index is 323. The molecule has 0 unspecified atom stereocenters. The fourth-order valence-corrected chi connectivity index (χ4v) is 2.14. The van der Waals surface area contributed by atoms with Crippen LogP contribution in [0, 0.1) is 0 Å². The monoisotopic (exact) mass is 209 g/mol. The summed E-state index contributed by atoms with van der Waals surface area (Å²) < 4.78 is 0.484. The standard InChI is InChI=1S/C10H15N3S/c1-14-10(3-4-10)7-13-8-2-5-12-9(11)6-8/h2,5-6H,3-4,7H2,1H3,(H3,11,12,13). The Morgan fingerprint density at radius 1 is 1.64 bits per heavy atom. The number of nitrogens with zero attached hydrogens (tertiary/aromatic N) is 1. The molecular formula is C10H15N3S. The van der Waals surface area contributed by atoms with Gasteiger partial charge in [-0.1, -0.05) is 0 Å². The summed E-state index contributed by atoms with van der Waals surface area (Å²) in [5, 5.41) is 3.40. The minimum Gasteiger partial charge on any atom is -0.384 e. The summed E-state index contributed by atoms with van der Waals surface area (Å²) in [6, 6.07) is 3.82. The van der Waals surface area contributed by atoms with E-state index in [2.05, 4.69) is 16.6 Å². The van der Waals surface area contributed by atoms with Crippen LogP contribution in [0.5, 0.6) is 0 Å². The van der Waals surface area contributed by atoms with E-state index in [1.807, 2.05) is 23.9 Å². The van der Waals surface area contributed by atoms with Crippen LogP contribution in [-0.4, -0.2) is 22.5 Å². The van der Waals surface area contributed by atoms with Crippen molar-refractivity contribution in [3.05, 3.63) is 18.3 Å². The number of nitrogens with one attached hydrogen (secondary N) is 1. The molecule has 14 heavy (non-hydrogen) atoms. The van der Waals surface area contributed by atoms with Gasteiger partial charge in [-0.15, -0.1) is 0 Å². The number of nitrogen functional groups attached to an aromatic ring is 1. The van der Waals surface area contributed by atoms with E-state index >= 15 is 0 Å². The molecule has 1 aromatic heterocycles. The molecule has 0 aliphatic heterocycles. The first-order chi connectivity index (χ1) is 6.74. The van der Waals surface area contributed by atoms with Gasteiger partial charge in [-0.25, -0.2) is 4.98 Å². The Labute approximate surface area is 88.5 Å². The lowest BCUT2D eigenvalue weighted by molar-refractivity contribution is 0.949. The van der Waals surface area contributed by atoms with Crippen molar-refractivity contribution < 1.29 is 0 Å². The number of pyridine rings is 1. The highest BCUT2D eigenvalue weighted by Crippen LogP contribution is 2.46. The van der Waals surface area contributed by atoms with E-state index in [-0.39, 0.29) is 0 Å². The zero-order valence-electron chi connectivity index (χ0n) is 8.29. The third-order valence-corrected chi connectivity index (χ3v) is 4.06. The maximum atomic E-state index is 5.59. The fourth-order valence-electron chi connectivity index (χ4n) is 1.41. The van der Waals surface area contributed by atoms with Crippen molar-refractivity contribution in [1.29, 1.82) is 0 Å². The van der Waals surface area contributed by atoms with E-state index in [0.29, 0.717) is 10.6 Å². The molecule has 1 saturated carbocycles. The lowest BCUT2D eigenvalue weighted by atomic mass is 10.3. The molecule has 0 saturated heterocycles. The van der Waals surface area contributed by atoms with Gasteiger partial charge in [-0.2, -0.15) is 11.8 Å². The minimum atomic E-state index is 0.484. The van der Waals surface area contributed by atoms with Crippen LogP contribution in [0.1, 0.15) is 12.8 Å². The maximum absolute atomic E-state index is 5.59. The van der Waals surface area contributed by atoms with Crippen molar-refractivity contribution in [2.24, 2.45) is 0 Å². The van der Waals surface area contributed by atoms with Gasteiger partial charge < -0.3 is 11.1 Å². The molecular weight excluding hydrogens is 194 g/mol. The van der Waals surface area contributed by atoms with Crippen LogP contribution in [0.4, 0.5) is 11.5 Å². The summed E-state index contributed by atoms with van der Waals surface area (Å²) in [4.78, 5) is 3.95. The highest BCUT2D eigenvalue weighted by molar-refractivity contribution is 8.00. The largest absolute Gasteiger partial charge is 0.384 e. The Hall–Kier alpha value is -0.900. The quantitative estimate of drug-likeness (QED) is 0.796. The first-order valence-corrected chi connectivity index (χ1v) is 5.97. The molecule has 0 atom stereocenters. The second-order valence-electron chi connectivity index (χ2n) is 3.71. The van der Waals surface area contributed by atoms with Crippen molar-refractivity contribution in [2.45, 2.75) is 17.6 Å². The smallest absolute Gasteiger partial charge is 0.125 e. The van der Waals surface area contributed by atoms with Crippen molar-refractivity contribution in [3.63, 3.8) is 0 Å². The summed E-state index contributed by atoms with van der Waals surface area (Å²) in [5.41, 5.74) is 6.66. The lowest BCUT2D eigenvalue weighted by Gasteiger charge is -2.13. The Morgan fingerprint density at radius 3 is 3.00 bits per heavy atom. The molecule has 4 heteroatoms. The molecule has 1 aliphatic carbocycles. The van der Waals surface area contributed by atoms with Gasteiger partial charge in [0.25, 0.3) is 0 Å². The zero-order valence-corrected chi connectivity index (χ0v) is 9.10. The predicted molar refractivity (Wildman–Crippen MR) is 62.6 cm³/mol. The van der Waals surface area contributed by atoms with Crippen LogP contribution in [0.25, 0.3) is 0 Å². The van der Waals surface area contributed by atoms with Crippen LogP contribution in [0.3, 0.4) is 0 Å². The van der Waals surface area contributed by atoms with Crippen LogP contribution < -0.4 is 11.1 Å². The van der Waals surface area contributed by atoms with E-state index < -0.39 is 0 Å². The second kappa shape index (κ2) is 3.69. The number of hydrogen-bond donors (Lipinski definition) is 2. The van der Waals surface area contributed by atoms with Gasteiger partial charge >= 0.3 is 0 Å². The summed E-state index contributed by atoms with van der Waals surface area (Å²) in [6.07, 6.45) is 6.55. The molecule has 1 aliphatic rings. The number of nitrogens with two attached hydrogens (primary N) is 1. The summed E-state index contributed by atoms with van der Waals surface area (Å²) >= 11 is 1.95. The molecule has 0 aromatic carbocycles. The first kappa shape index (κ1) is 9.65. The minimum absolute atomic E-state index is 0.484. The van der Waals surface area contributed by atoms with E-state index in [9.17, 15) is 0 Å². The number of thioether (sulfide) groups is 1. The first-order valence-electron chi connectivity index (χ1n) is 4.75. The normalized spacial score (nSPS) is 17.8. The molecule has 0 bridgehead atoms. The third kappa shape index (κ3) is 2.12. The van der Waals surface area contributed by atoms with E-state index in [1.165, 1.54) is 12.8 Å². The molecule has 3 nitrogen and oxygen atoms in total. The van der Waals surface area contributed by atoms with Crippen molar-refractivity contribution in [1.82, 2.24) is 4.98 Å². The Morgan fingerprint density at radius 2 is 2.43 bits per heavy atom. The molecule has 1 heterocycles. The van der Waals surface area contributed by atoms with E-state index in [0.717, 1.165) is 12.2 Å². The third-order valence-electron chi connectivity index (χ3n) is 2.64. The molecule has 1 fully saturated rings. The summed E-state index contributed by atoms with van der Waals surface area (Å²) in [7, 11) is 0. The van der Waals surface area contributed by atoms with Crippen molar-refractivity contribution in [3.8, 4) is 0 Å².